The van der Waals surface area contributed by atoms with Gasteiger partial charge >= 0.3 is 0 Å². The van der Waals surface area contributed by atoms with Gasteiger partial charge in [0, 0.05) is 13.2 Å². The molecule has 2 saturated heterocycles. The van der Waals surface area contributed by atoms with E-state index in [1.54, 1.807) is 0 Å². The first-order valence-electron chi connectivity index (χ1n) is 4.76. The van der Waals surface area contributed by atoms with Gasteiger partial charge in [0.05, 0.1) is 5.60 Å². The molecule has 11 heavy (non-hydrogen) atoms. The van der Waals surface area contributed by atoms with Gasteiger partial charge in [-0.2, -0.15) is 0 Å². The minimum absolute atomic E-state index is 0.247. The van der Waals surface area contributed by atoms with Crippen LogP contribution in [0.15, 0.2) is 0 Å². The van der Waals surface area contributed by atoms with Gasteiger partial charge in [-0.05, 0) is 25.8 Å². The summed E-state index contributed by atoms with van der Waals surface area (Å²) in [6.07, 6.45) is 6.50. The summed E-state index contributed by atoms with van der Waals surface area (Å²) in [7, 11) is 0. The van der Waals surface area contributed by atoms with Crippen molar-refractivity contribution in [2.24, 2.45) is 0 Å². The van der Waals surface area contributed by atoms with Crippen molar-refractivity contribution >= 4 is 0 Å². The van der Waals surface area contributed by atoms with E-state index >= 15 is 0 Å². The van der Waals surface area contributed by atoms with Crippen LogP contribution in [0.2, 0.25) is 0 Å². The average molecular weight is 155 g/mol. The third-order valence-electron chi connectivity index (χ3n) is 2.89. The van der Waals surface area contributed by atoms with Gasteiger partial charge in [0.2, 0.25) is 0 Å². The summed E-state index contributed by atoms with van der Waals surface area (Å²) in [5.41, 5.74) is 0.247. The predicted molar refractivity (Wildman–Crippen MR) is 44.6 cm³/mol. The molecule has 0 amide bonds. The molecule has 0 saturated carbocycles. The highest BCUT2D eigenvalue weighted by molar-refractivity contribution is 4.90. The van der Waals surface area contributed by atoms with Gasteiger partial charge in [-0.1, -0.05) is 12.8 Å². The lowest BCUT2D eigenvalue weighted by molar-refractivity contribution is -0.0266. The summed E-state index contributed by atoms with van der Waals surface area (Å²) in [6.45, 7) is 3.23. The maximum absolute atomic E-state index is 5.89. The zero-order chi connectivity index (χ0) is 7.57. The smallest absolute Gasteiger partial charge is 0.0818 e. The van der Waals surface area contributed by atoms with Crippen molar-refractivity contribution in [2.45, 2.75) is 37.7 Å². The van der Waals surface area contributed by atoms with E-state index in [1.165, 1.54) is 32.1 Å². The van der Waals surface area contributed by atoms with E-state index in [0.717, 1.165) is 19.7 Å². The Balaban J connectivity index is 1.97. The summed E-state index contributed by atoms with van der Waals surface area (Å²) >= 11 is 0. The SMILES string of the molecule is C1CCOC2(CC1)CCNC2. The van der Waals surface area contributed by atoms with Gasteiger partial charge in [-0.3, -0.25) is 0 Å². The number of nitrogens with one attached hydrogen (secondary N) is 1. The molecule has 0 aromatic rings. The molecule has 1 atom stereocenters. The van der Waals surface area contributed by atoms with E-state index < -0.39 is 0 Å². The third kappa shape index (κ3) is 1.57. The molecule has 0 radical (unpaired) electrons. The molecule has 1 N–H and O–H groups in total. The van der Waals surface area contributed by atoms with Crippen LogP contribution >= 0.6 is 0 Å². The number of hydrogen-bond acceptors (Lipinski definition) is 2. The van der Waals surface area contributed by atoms with Crippen LogP contribution < -0.4 is 5.32 Å². The minimum Gasteiger partial charge on any atom is -0.374 e. The largest absolute Gasteiger partial charge is 0.374 e. The maximum Gasteiger partial charge on any atom is 0.0818 e. The topological polar surface area (TPSA) is 21.3 Å². The Hall–Kier alpha value is -0.0800. The fraction of sp³-hybridized carbons (Fsp3) is 1.00. The summed E-state index contributed by atoms with van der Waals surface area (Å²) < 4.78 is 5.89. The highest BCUT2D eigenvalue weighted by Gasteiger charge is 2.34. The van der Waals surface area contributed by atoms with Crippen LogP contribution in [-0.4, -0.2) is 25.3 Å². The van der Waals surface area contributed by atoms with Crippen LogP contribution in [0.3, 0.4) is 0 Å². The molecule has 2 nitrogen and oxygen atoms in total. The van der Waals surface area contributed by atoms with Gasteiger partial charge in [0.1, 0.15) is 0 Å². The molecule has 0 bridgehead atoms. The maximum atomic E-state index is 5.89. The van der Waals surface area contributed by atoms with Crippen molar-refractivity contribution in [2.75, 3.05) is 19.7 Å². The zero-order valence-corrected chi connectivity index (χ0v) is 7.07. The van der Waals surface area contributed by atoms with E-state index in [0.29, 0.717) is 0 Å². The van der Waals surface area contributed by atoms with Crippen LogP contribution in [0.1, 0.15) is 32.1 Å². The third-order valence-corrected chi connectivity index (χ3v) is 2.89. The monoisotopic (exact) mass is 155 g/mol. The molecule has 2 rings (SSSR count). The summed E-state index contributed by atoms with van der Waals surface area (Å²) in [4.78, 5) is 0. The minimum atomic E-state index is 0.247. The Morgan fingerprint density at radius 2 is 2.09 bits per heavy atom. The standard InChI is InChI=1S/C9H17NO/c1-2-4-9(11-7-3-1)5-6-10-8-9/h10H,1-8H2. The van der Waals surface area contributed by atoms with Gasteiger partial charge < -0.3 is 10.1 Å². The van der Waals surface area contributed by atoms with E-state index in [-0.39, 0.29) is 5.60 Å². The van der Waals surface area contributed by atoms with Gasteiger partial charge in [-0.25, -0.2) is 0 Å². The molecule has 0 aliphatic carbocycles. The average Bonchev–Trinajstić information content (AvgIpc) is 2.32. The van der Waals surface area contributed by atoms with Crippen molar-refractivity contribution in [1.29, 1.82) is 0 Å². The molecule has 2 heteroatoms. The number of rotatable bonds is 0. The Labute approximate surface area is 68.3 Å². The fourth-order valence-electron chi connectivity index (χ4n) is 2.14. The first kappa shape index (κ1) is 7.56. The van der Waals surface area contributed by atoms with Crippen LogP contribution in [0.4, 0.5) is 0 Å². The predicted octanol–water partition coefficient (Wildman–Crippen LogP) is 1.31. The molecule has 2 heterocycles. The van der Waals surface area contributed by atoms with Crippen molar-refractivity contribution in [3.05, 3.63) is 0 Å². The zero-order valence-electron chi connectivity index (χ0n) is 7.07. The van der Waals surface area contributed by atoms with Crippen molar-refractivity contribution in [1.82, 2.24) is 5.32 Å². The molecular weight excluding hydrogens is 138 g/mol. The molecule has 0 aromatic heterocycles. The first-order chi connectivity index (χ1) is 5.41. The van der Waals surface area contributed by atoms with E-state index in [4.69, 9.17) is 4.74 Å². The molecule has 1 spiro atoms. The van der Waals surface area contributed by atoms with Gasteiger partial charge in [-0.15, -0.1) is 0 Å². The van der Waals surface area contributed by atoms with Crippen LogP contribution in [0.25, 0.3) is 0 Å². The number of ether oxygens (including phenoxy) is 1. The molecule has 64 valence electrons. The molecule has 2 aliphatic rings. The van der Waals surface area contributed by atoms with E-state index in [1.807, 2.05) is 0 Å². The second-order valence-corrected chi connectivity index (χ2v) is 3.77. The second kappa shape index (κ2) is 3.11. The summed E-state index contributed by atoms with van der Waals surface area (Å²) in [5, 5.41) is 3.39. The quantitative estimate of drug-likeness (QED) is 0.569. The van der Waals surface area contributed by atoms with E-state index in [9.17, 15) is 0 Å². The van der Waals surface area contributed by atoms with Crippen LogP contribution in [0, 0.1) is 0 Å². The van der Waals surface area contributed by atoms with Gasteiger partial charge in [0.25, 0.3) is 0 Å². The Bertz CT molecular complexity index is 120. The number of hydrogen-bond donors (Lipinski definition) is 1. The Morgan fingerprint density at radius 1 is 1.09 bits per heavy atom. The molecule has 0 aromatic carbocycles. The second-order valence-electron chi connectivity index (χ2n) is 3.77. The summed E-state index contributed by atoms with van der Waals surface area (Å²) in [5.74, 6) is 0. The van der Waals surface area contributed by atoms with Gasteiger partial charge in [0.15, 0.2) is 0 Å². The van der Waals surface area contributed by atoms with E-state index in [2.05, 4.69) is 5.32 Å². The normalized spacial score (nSPS) is 39.3. The molecular formula is C9H17NO. The Morgan fingerprint density at radius 3 is 2.91 bits per heavy atom. The lowest BCUT2D eigenvalue weighted by Gasteiger charge is -2.26. The van der Waals surface area contributed by atoms with Crippen LogP contribution in [0.5, 0.6) is 0 Å². The lowest BCUT2D eigenvalue weighted by Crippen LogP contribution is -2.34. The van der Waals surface area contributed by atoms with Crippen molar-refractivity contribution in [3.63, 3.8) is 0 Å². The molecule has 1 unspecified atom stereocenters. The highest BCUT2D eigenvalue weighted by atomic mass is 16.5. The molecule has 2 fully saturated rings. The summed E-state index contributed by atoms with van der Waals surface area (Å²) in [6, 6.07) is 0. The van der Waals surface area contributed by atoms with Crippen LogP contribution in [-0.2, 0) is 4.74 Å². The Kier molecular flexibility index (Phi) is 2.14. The van der Waals surface area contributed by atoms with Crippen molar-refractivity contribution in [3.8, 4) is 0 Å². The lowest BCUT2D eigenvalue weighted by atomic mass is 9.96. The first-order valence-corrected chi connectivity index (χ1v) is 4.76. The molecule has 2 aliphatic heterocycles. The fourth-order valence-corrected chi connectivity index (χ4v) is 2.14. The highest BCUT2D eigenvalue weighted by Crippen LogP contribution is 2.29. The van der Waals surface area contributed by atoms with Crippen molar-refractivity contribution < 1.29 is 4.74 Å².